The Kier molecular flexibility index (Phi) is 7.06. The zero-order valence-electron chi connectivity index (χ0n) is 26.9. The van der Waals surface area contributed by atoms with Crippen molar-refractivity contribution in [2.45, 2.75) is 122 Å². The van der Waals surface area contributed by atoms with Crippen LogP contribution in [-0.4, -0.2) is 17.3 Å². The van der Waals surface area contributed by atoms with Gasteiger partial charge in [0.1, 0.15) is 0 Å². The lowest BCUT2D eigenvalue weighted by molar-refractivity contribution is 0.0539. The van der Waals surface area contributed by atoms with Gasteiger partial charge in [-0.15, -0.1) is 0 Å². The minimum atomic E-state index is -0.537. The molecule has 3 nitrogen and oxygen atoms in total. The molecule has 0 heterocycles. The summed E-state index contributed by atoms with van der Waals surface area (Å²) in [5, 5.41) is 0. The molecule has 0 N–H and O–H groups in total. The van der Waals surface area contributed by atoms with Gasteiger partial charge < -0.3 is 0 Å². The molecule has 0 aliphatic heterocycles. The Hall–Kier alpha value is -1.77. The maximum Gasteiger partial charge on any atom is 0.169 e. The van der Waals surface area contributed by atoms with Crippen LogP contribution < -0.4 is 0 Å². The molecule has 3 fully saturated rings. The summed E-state index contributed by atoms with van der Waals surface area (Å²) in [6, 6.07) is 5.50. The van der Waals surface area contributed by atoms with Crippen LogP contribution in [0.2, 0.25) is 0 Å². The Morgan fingerprint density at radius 1 is 0.487 bits per heavy atom. The topological polar surface area (TPSA) is 51.2 Å². The summed E-state index contributed by atoms with van der Waals surface area (Å²) in [5.41, 5.74) is -0.510. The molecule has 0 aromatic heterocycles. The Bertz CT molecular complexity index is 1040. The molecule has 1 aromatic rings. The number of carbonyl (C=O) groups is 3. The molecule has 39 heavy (non-hydrogen) atoms. The van der Waals surface area contributed by atoms with E-state index in [2.05, 4.69) is 83.1 Å². The summed E-state index contributed by atoms with van der Waals surface area (Å²) in [4.78, 5) is 43.3. The second-order valence-corrected chi connectivity index (χ2v) is 16.3. The highest BCUT2D eigenvalue weighted by atomic mass is 16.1. The number of ketones is 3. The molecule has 0 spiro atoms. The van der Waals surface area contributed by atoms with Crippen molar-refractivity contribution >= 4 is 17.3 Å². The van der Waals surface area contributed by atoms with Crippen LogP contribution in [0.15, 0.2) is 18.2 Å². The first-order valence-electron chi connectivity index (χ1n) is 15.5. The molecule has 216 valence electrons. The van der Waals surface area contributed by atoms with Gasteiger partial charge in [-0.3, -0.25) is 14.4 Å². The first-order chi connectivity index (χ1) is 17.7. The summed E-state index contributed by atoms with van der Waals surface area (Å²) >= 11 is 0. The summed E-state index contributed by atoms with van der Waals surface area (Å²) in [6.07, 6.45) is 5.50. The highest BCUT2D eigenvalue weighted by Crippen LogP contribution is 2.60. The lowest BCUT2D eigenvalue weighted by Gasteiger charge is -2.41. The van der Waals surface area contributed by atoms with Gasteiger partial charge in [-0.25, -0.2) is 0 Å². The van der Waals surface area contributed by atoms with Crippen LogP contribution in [0.4, 0.5) is 0 Å². The van der Waals surface area contributed by atoms with Crippen LogP contribution in [0.25, 0.3) is 0 Å². The molecule has 0 saturated heterocycles. The van der Waals surface area contributed by atoms with Crippen molar-refractivity contribution in [1.82, 2.24) is 0 Å². The number of hydrogen-bond donors (Lipinski definition) is 0. The first kappa shape index (κ1) is 30.2. The minimum Gasteiger partial charge on any atom is -0.294 e. The summed E-state index contributed by atoms with van der Waals surface area (Å²) < 4.78 is 0. The van der Waals surface area contributed by atoms with Gasteiger partial charge in [0.15, 0.2) is 17.3 Å². The highest BCUT2D eigenvalue weighted by molar-refractivity contribution is 6.10. The van der Waals surface area contributed by atoms with Crippen LogP contribution in [0.1, 0.15) is 153 Å². The SMILES string of the molecule is C[C@@H]1CC[C@@](C)(C(=O)c2cc(C(=O)[C@]3(C)CC[C@H](C)C3(C)C)cc(C(=O)[C@@]3(C)CC[C@@H](C)C3(C)C)c2)C1(C)C. The first-order valence-corrected chi connectivity index (χ1v) is 15.5. The van der Waals surface area contributed by atoms with Crippen molar-refractivity contribution in [1.29, 1.82) is 0 Å². The van der Waals surface area contributed by atoms with Crippen molar-refractivity contribution in [3.8, 4) is 0 Å². The van der Waals surface area contributed by atoms with E-state index in [0.717, 1.165) is 38.5 Å². The van der Waals surface area contributed by atoms with Gasteiger partial charge in [0.05, 0.1) is 0 Å². The van der Waals surface area contributed by atoms with E-state index < -0.39 is 16.2 Å². The molecule has 0 bridgehead atoms. The highest BCUT2D eigenvalue weighted by Gasteiger charge is 2.57. The second-order valence-electron chi connectivity index (χ2n) is 16.3. The van der Waals surface area contributed by atoms with Crippen molar-refractivity contribution < 1.29 is 14.4 Å². The lowest BCUT2D eigenvalue weighted by atomic mass is 9.61. The zero-order chi connectivity index (χ0) is 29.6. The van der Waals surface area contributed by atoms with Gasteiger partial charge in [-0.2, -0.15) is 0 Å². The molecule has 3 saturated carbocycles. The molecule has 4 rings (SSSR count). The van der Waals surface area contributed by atoms with Crippen LogP contribution in [-0.2, 0) is 0 Å². The van der Waals surface area contributed by atoms with E-state index >= 15 is 0 Å². The Balaban J connectivity index is 1.88. The number of hydrogen-bond acceptors (Lipinski definition) is 3. The lowest BCUT2D eigenvalue weighted by Crippen LogP contribution is -2.42. The maximum absolute atomic E-state index is 14.4. The molecular formula is C36H54O3. The molecule has 0 unspecified atom stereocenters. The zero-order valence-corrected chi connectivity index (χ0v) is 26.9. The normalized spacial score (nSPS) is 38.6. The van der Waals surface area contributed by atoms with Gasteiger partial charge in [0, 0.05) is 32.9 Å². The predicted molar refractivity (Wildman–Crippen MR) is 160 cm³/mol. The number of rotatable bonds is 6. The average Bonchev–Trinajstić information content (AvgIpc) is 3.33. The van der Waals surface area contributed by atoms with E-state index in [-0.39, 0.29) is 33.6 Å². The Morgan fingerprint density at radius 2 is 0.692 bits per heavy atom. The third-order valence-corrected chi connectivity index (χ3v) is 14.4. The smallest absolute Gasteiger partial charge is 0.169 e. The standard InChI is InChI=1S/C36H54O3/c1-22-13-16-34(10,31(22,4)5)28(37)25-19-26(29(38)35(11)17-14-23(2)32(35,6)7)21-27(20-25)30(39)36(12)18-15-24(3)33(36,8)9/h19-24H,13-18H2,1-12H3/t22-,23-,24+,34-,35+,36+/m1/s1. The number of benzene rings is 1. The van der Waals surface area contributed by atoms with Crippen LogP contribution in [0, 0.1) is 50.2 Å². The van der Waals surface area contributed by atoms with E-state index in [0.29, 0.717) is 34.4 Å². The van der Waals surface area contributed by atoms with Gasteiger partial charge in [0.2, 0.25) is 0 Å². The second kappa shape index (κ2) is 9.12. The van der Waals surface area contributed by atoms with E-state index in [9.17, 15) is 14.4 Å². The van der Waals surface area contributed by atoms with Gasteiger partial charge in [-0.1, -0.05) is 83.1 Å². The maximum atomic E-state index is 14.4. The van der Waals surface area contributed by atoms with Crippen molar-refractivity contribution in [3.63, 3.8) is 0 Å². The van der Waals surface area contributed by atoms with Crippen molar-refractivity contribution in [3.05, 3.63) is 34.9 Å². The predicted octanol–water partition coefficient (Wildman–Crippen LogP) is 9.62. The molecule has 1 aromatic carbocycles. The van der Waals surface area contributed by atoms with Gasteiger partial charge in [-0.05, 0) is 90.7 Å². The van der Waals surface area contributed by atoms with Crippen LogP contribution in [0.3, 0.4) is 0 Å². The van der Waals surface area contributed by atoms with E-state index in [1.165, 1.54) is 0 Å². The minimum absolute atomic E-state index is 0.0777. The van der Waals surface area contributed by atoms with E-state index in [4.69, 9.17) is 0 Å². The fourth-order valence-electron chi connectivity index (χ4n) is 8.39. The number of Topliss-reactive ketones (excluding diaryl/α,β-unsaturated/α-hetero) is 3. The van der Waals surface area contributed by atoms with Gasteiger partial charge >= 0.3 is 0 Å². The Labute approximate surface area is 238 Å². The van der Waals surface area contributed by atoms with Crippen molar-refractivity contribution in [2.24, 2.45) is 50.2 Å². The molecular weight excluding hydrogens is 480 g/mol. The molecule has 3 aliphatic rings. The van der Waals surface area contributed by atoms with Crippen molar-refractivity contribution in [2.75, 3.05) is 0 Å². The average molecular weight is 535 g/mol. The third-order valence-electron chi connectivity index (χ3n) is 14.4. The Morgan fingerprint density at radius 3 is 0.846 bits per heavy atom. The summed E-state index contributed by atoms with van der Waals surface area (Å²) in [5.74, 6) is 1.52. The number of carbonyl (C=O) groups excluding carboxylic acids is 3. The third kappa shape index (κ3) is 3.98. The van der Waals surface area contributed by atoms with Crippen LogP contribution in [0.5, 0.6) is 0 Å². The monoisotopic (exact) mass is 534 g/mol. The summed E-state index contributed by atoms with van der Waals surface area (Å²) in [7, 11) is 0. The van der Waals surface area contributed by atoms with E-state index in [1.807, 2.05) is 18.2 Å². The fourth-order valence-corrected chi connectivity index (χ4v) is 8.39. The van der Waals surface area contributed by atoms with E-state index in [1.54, 1.807) is 0 Å². The molecule has 0 radical (unpaired) electrons. The largest absolute Gasteiger partial charge is 0.294 e. The van der Waals surface area contributed by atoms with Crippen LogP contribution >= 0.6 is 0 Å². The fraction of sp³-hybridized carbons (Fsp3) is 0.750. The van der Waals surface area contributed by atoms with Gasteiger partial charge in [0.25, 0.3) is 0 Å². The molecule has 6 atom stereocenters. The molecule has 3 heteroatoms. The molecule has 3 aliphatic carbocycles. The molecule has 0 amide bonds. The quantitative estimate of drug-likeness (QED) is 0.341. The summed E-state index contributed by atoms with van der Waals surface area (Å²) in [6.45, 7) is 26.2.